The van der Waals surface area contributed by atoms with E-state index in [4.69, 9.17) is 4.52 Å². The van der Waals surface area contributed by atoms with Gasteiger partial charge in [0.1, 0.15) is 17.5 Å². The van der Waals surface area contributed by atoms with Gasteiger partial charge in [-0.1, -0.05) is 29.4 Å². The molecule has 0 N–H and O–H groups in total. The van der Waals surface area contributed by atoms with Crippen LogP contribution in [-0.4, -0.2) is 31.7 Å². The first-order valence-corrected chi connectivity index (χ1v) is 9.37. The summed E-state index contributed by atoms with van der Waals surface area (Å²) in [5, 5.41) is 12.6. The molecular weight excluding hydrogens is 371 g/mol. The highest BCUT2D eigenvalue weighted by atomic mass is 19.1. The predicted molar refractivity (Wildman–Crippen MR) is 104 cm³/mol. The van der Waals surface area contributed by atoms with Crippen LogP contribution in [0.15, 0.2) is 47.2 Å². The van der Waals surface area contributed by atoms with Crippen molar-refractivity contribution in [2.24, 2.45) is 0 Å². The summed E-state index contributed by atoms with van der Waals surface area (Å²) in [5.74, 6) is 0.623. The minimum atomic E-state index is -0.286. The molecule has 29 heavy (non-hydrogen) atoms. The van der Waals surface area contributed by atoms with Crippen molar-refractivity contribution < 1.29 is 8.91 Å². The maximum absolute atomic E-state index is 13.9. The third-order valence-electron chi connectivity index (χ3n) is 5.31. The lowest BCUT2D eigenvalue weighted by atomic mass is 9.99. The van der Waals surface area contributed by atoms with E-state index in [1.807, 2.05) is 19.1 Å². The summed E-state index contributed by atoms with van der Waals surface area (Å²) in [6.07, 6.45) is 4.16. The second-order valence-corrected chi connectivity index (χ2v) is 7.04. The molecule has 1 atom stereocenters. The van der Waals surface area contributed by atoms with E-state index in [-0.39, 0.29) is 11.9 Å². The van der Waals surface area contributed by atoms with Gasteiger partial charge in [0.05, 0.1) is 18.1 Å². The number of nitrogens with zero attached hydrogens (tertiary/aromatic N) is 6. The molecule has 1 fully saturated rings. The van der Waals surface area contributed by atoms with Gasteiger partial charge in [-0.25, -0.2) is 4.39 Å². The van der Waals surface area contributed by atoms with Gasteiger partial charge in [0.2, 0.25) is 11.7 Å². The number of hydrogen-bond acceptors (Lipinski definition) is 6. The molecule has 1 aliphatic rings. The Morgan fingerprint density at radius 3 is 2.76 bits per heavy atom. The van der Waals surface area contributed by atoms with Crippen LogP contribution in [0.5, 0.6) is 0 Å². The molecule has 8 heteroatoms. The molecule has 0 bridgehead atoms. The Morgan fingerprint density at radius 2 is 2.00 bits per heavy atom. The lowest BCUT2D eigenvalue weighted by Crippen LogP contribution is -2.42. The first kappa shape index (κ1) is 17.5. The minimum absolute atomic E-state index is 0.0612. The fourth-order valence-corrected chi connectivity index (χ4v) is 3.67. The van der Waals surface area contributed by atoms with Crippen molar-refractivity contribution >= 4 is 5.69 Å². The Bertz CT molecular complexity index is 1170. The van der Waals surface area contributed by atoms with Crippen molar-refractivity contribution in [1.82, 2.24) is 25.1 Å². The average Bonchev–Trinajstić information content (AvgIpc) is 3.37. The Balaban J connectivity index is 1.50. The van der Waals surface area contributed by atoms with Crippen molar-refractivity contribution in [3.8, 4) is 17.1 Å². The van der Waals surface area contributed by atoms with Gasteiger partial charge < -0.3 is 9.42 Å². The van der Waals surface area contributed by atoms with Gasteiger partial charge >= 0.3 is 0 Å². The van der Waals surface area contributed by atoms with Gasteiger partial charge in [0, 0.05) is 18.2 Å². The molecule has 145 valence electrons. The Hall–Kier alpha value is -3.55. The van der Waals surface area contributed by atoms with E-state index in [1.165, 1.54) is 6.07 Å². The summed E-state index contributed by atoms with van der Waals surface area (Å²) in [4.78, 5) is 8.33. The van der Waals surface area contributed by atoms with Crippen molar-refractivity contribution in [3.63, 3.8) is 0 Å². The van der Waals surface area contributed by atoms with Crippen molar-refractivity contribution in [3.05, 3.63) is 71.6 Å². The van der Waals surface area contributed by atoms with E-state index >= 15 is 0 Å². The normalized spacial score (nSPS) is 16.1. The maximum atomic E-state index is 13.9. The molecule has 0 spiro atoms. The molecule has 2 aromatic heterocycles. The number of hydrogen-bond donors (Lipinski definition) is 0. The lowest BCUT2D eigenvalue weighted by Gasteiger charge is -2.41. The highest BCUT2D eigenvalue weighted by Gasteiger charge is 2.37. The van der Waals surface area contributed by atoms with Crippen molar-refractivity contribution in [2.75, 3.05) is 11.4 Å². The fraction of sp³-hybridized carbons (Fsp3) is 0.238. The molecule has 7 nitrogen and oxygen atoms in total. The molecule has 0 aliphatic carbocycles. The Kier molecular flexibility index (Phi) is 4.12. The fourth-order valence-electron chi connectivity index (χ4n) is 3.67. The van der Waals surface area contributed by atoms with Crippen LogP contribution in [0.1, 0.15) is 29.5 Å². The summed E-state index contributed by atoms with van der Waals surface area (Å²) in [7, 11) is 0. The van der Waals surface area contributed by atoms with E-state index in [9.17, 15) is 4.39 Å². The van der Waals surface area contributed by atoms with Gasteiger partial charge in [-0.3, -0.25) is 0 Å². The van der Waals surface area contributed by atoms with Crippen LogP contribution in [0, 0.1) is 25.7 Å². The highest BCUT2D eigenvalue weighted by Crippen LogP contribution is 2.41. The Labute approximate surface area is 166 Å². The SMILES string of the molecule is Cc1cc[c]c(-n2nccn2)c1N1CC[C@H]1c1nc(-c2cccc(F)c2C)no1. The summed E-state index contributed by atoms with van der Waals surface area (Å²) in [5.41, 5.74) is 3.99. The standard InChI is InChI=1S/C21H18FN6O/c1-13-5-3-8-17(28-23-10-11-24-28)19(13)27-12-9-18(27)21-25-20(26-29-21)15-6-4-7-16(22)14(15)2/h3-7,10-11,18H,9,12H2,1-2H3/t18-/m0/s1. The van der Waals surface area contributed by atoms with Crippen molar-refractivity contribution in [1.29, 1.82) is 0 Å². The first-order chi connectivity index (χ1) is 14.1. The van der Waals surface area contributed by atoms with Gasteiger partial charge in [-0.15, -0.1) is 4.80 Å². The van der Waals surface area contributed by atoms with Crippen LogP contribution in [0.4, 0.5) is 10.1 Å². The summed E-state index contributed by atoms with van der Waals surface area (Å²) in [6.45, 7) is 4.60. The second-order valence-electron chi connectivity index (χ2n) is 7.04. The van der Waals surface area contributed by atoms with E-state index in [0.717, 1.165) is 29.9 Å². The third-order valence-corrected chi connectivity index (χ3v) is 5.31. The van der Waals surface area contributed by atoms with Crippen LogP contribution in [0.2, 0.25) is 0 Å². The minimum Gasteiger partial charge on any atom is -0.357 e. The zero-order valence-corrected chi connectivity index (χ0v) is 16.0. The summed E-state index contributed by atoms with van der Waals surface area (Å²) < 4.78 is 19.5. The van der Waals surface area contributed by atoms with Crippen LogP contribution in [0.3, 0.4) is 0 Å². The quantitative estimate of drug-likeness (QED) is 0.528. The second kappa shape index (κ2) is 6.80. The molecular formula is C21H18FN6O. The van der Waals surface area contributed by atoms with E-state index in [0.29, 0.717) is 22.8 Å². The first-order valence-electron chi connectivity index (χ1n) is 9.37. The van der Waals surface area contributed by atoms with E-state index < -0.39 is 0 Å². The van der Waals surface area contributed by atoms with E-state index in [2.05, 4.69) is 31.3 Å². The molecule has 0 unspecified atom stereocenters. The summed E-state index contributed by atoms with van der Waals surface area (Å²) >= 11 is 0. The van der Waals surface area contributed by atoms with Crippen LogP contribution in [-0.2, 0) is 0 Å². The highest BCUT2D eigenvalue weighted by molar-refractivity contribution is 5.68. The predicted octanol–water partition coefficient (Wildman–Crippen LogP) is 3.82. The molecule has 2 aromatic carbocycles. The zero-order valence-electron chi connectivity index (χ0n) is 16.0. The van der Waals surface area contributed by atoms with Crippen LogP contribution < -0.4 is 4.90 Å². The molecule has 1 radical (unpaired) electrons. The number of aryl methyl sites for hydroxylation is 1. The van der Waals surface area contributed by atoms with Gasteiger partial charge in [-0.2, -0.15) is 15.2 Å². The molecule has 1 aliphatic heterocycles. The van der Waals surface area contributed by atoms with Gasteiger partial charge in [0.15, 0.2) is 0 Å². The topological polar surface area (TPSA) is 72.9 Å². The Morgan fingerprint density at radius 1 is 1.17 bits per heavy atom. The maximum Gasteiger partial charge on any atom is 0.249 e. The number of anilines is 1. The smallest absolute Gasteiger partial charge is 0.249 e. The number of aromatic nitrogens is 5. The average molecular weight is 389 g/mol. The molecule has 0 amide bonds. The number of halogens is 1. The molecule has 4 aromatic rings. The largest absolute Gasteiger partial charge is 0.357 e. The zero-order chi connectivity index (χ0) is 20.0. The van der Waals surface area contributed by atoms with Crippen molar-refractivity contribution in [2.45, 2.75) is 26.3 Å². The van der Waals surface area contributed by atoms with Gasteiger partial charge in [-0.05, 0) is 37.5 Å². The van der Waals surface area contributed by atoms with Crippen LogP contribution >= 0.6 is 0 Å². The third kappa shape index (κ3) is 2.88. The van der Waals surface area contributed by atoms with Crippen LogP contribution in [0.25, 0.3) is 17.1 Å². The van der Waals surface area contributed by atoms with Gasteiger partial charge in [0.25, 0.3) is 0 Å². The number of rotatable bonds is 4. The molecule has 3 heterocycles. The molecule has 1 saturated heterocycles. The number of benzene rings is 2. The summed E-state index contributed by atoms with van der Waals surface area (Å²) in [6, 6.07) is 11.9. The monoisotopic (exact) mass is 389 g/mol. The molecule has 0 saturated carbocycles. The lowest BCUT2D eigenvalue weighted by molar-refractivity contribution is 0.309. The van der Waals surface area contributed by atoms with E-state index in [1.54, 1.807) is 36.2 Å². The molecule has 5 rings (SSSR count).